The highest BCUT2D eigenvalue weighted by molar-refractivity contribution is 6.74. The Labute approximate surface area is 153 Å². The number of carbonyl (C=O) groups is 1. The molecule has 1 heterocycles. The zero-order chi connectivity index (χ0) is 18.9. The normalized spacial score (nSPS) is 21.5. The van der Waals surface area contributed by atoms with E-state index in [2.05, 4.69) is 33.9 Å². The summed E-state index contributed by atoms with van der Waals surface area (Å²) >= 11 is 0. The molecule has 1 aromatic rings. The lowest BCUT2D eigenvalue weighted by molar-refractivity contribution is -0.135. The Morgan fingerprint density at radius 2 is 1.80 bits per heavy atom. The number of aliphatic hydroxyl groups is 1. The van der Waals surface area contributed by atoms with Crippen molar-refractivity contribution in [2.24, 2.45) is 0 Å². The summed E-state index contributed by atoms with van der Waals surface area (Å²) in [6.07, 6.45) is 1.17. The number of amides is 1. The quantitative estimate of drug-likeness (QED) is 0.779. The second kappa shape index (κ2) is 7.21. The Hall–Kier alpha value is -1.17. The second-order valence-electron chi connectivity index (χ2n) is 8.97. The smallest absolute Gasteiger partial charge is 0.223 e. The maximum atomic E-state index is 12.4. The predicted octanol–water partition coefficient (Wildman–Crippen LogP) is 3.95. The van der Waals surface area contributed by atoms with E-state index >= 15 is 0 Å². The van der Waals surface area contributed by atoms with Crippen LogP contribution in [0.25, 0.3) is 0 Å². The lowest BCUT2D eigenvalue weighted by Crippen LogP contribution is -2.54. The minimum atomic E-state index is -1.94. The van der Waals surface area contributed by atoms with Gasteiger partial charge < -0.3 is 14.4 Å². The molecule has 0 aliphatic carbocycles. The standard InChI is InChI=1S/C20H33NO3Si/c1-19(2,3)25(5,6)24-15-20(4,23)17-12-13-18(22)21(17)14-16-10-8-7-9-11-16/h7-11,17,23H,12-15H2,1-6H3/t17-,20+/m1/s1. The summed E-state index contributed by atoms with van der Waals surface area (Å²) in [6, 6.07) is 9.75. The summed E-state index contributed by atoms with van der Waals surface area (Å²) in [4.78, 5) is 14.2. The highest BCUT2D eigenvalue weighted by Crippen LogP contribution is 2.38. The molecule has 1 fully saturated rings. The topological polar surface area (TPSA) is 49.8 Å². The Bertz CT molecular complexity index is 593. The van der Waals surface area contributed by atoms with E-state index in [9.17, 15) is 9.90 Å². The Balaban J connectivity index is 2.10. The van der Waals surface area contributed by atoms with Gasteiger partial charge in [-0.05, 0) is 37.0 Å². The van der Waals surface area contributed by atoms with Crippen LogP contribution >= 0.6 is 0 Å². The van der Waals surface area contributed by atoms with E-state index in [0.717, 1.165) is 5.56 Å². The lowest BCUT2D eigenvalue weighted by Gasteiger charge is -2.41. The van der Waals surface area contributed by atoms with E-state index in [1.54, 1.807) is 6.92 Å². The molecular formula is C20H33NO3Si. The van der Waals surface area contributed by atoms with Crippen molar-refractivity contribution in [3.63, 3.8) is 0 Å². The van der Waals surface area contributed by atoms with E-state index in [1.807, 2.05) is 35.2 Å². The molecule has 1 N–H and O–H groups in total. The first-order valence-electron chi connectivity index (χ1n) is 9.14. The van der Waals surface area contributed by atoms with Gasteiger partial charge in [-0.3, -0.25) is 4.79 Å². The third-order valence-electron chi connectivity index (χ3n) is 5.77. The number of likely N-dealkylation sites (tertiary alicyclic amines) is 1. The number of carbonyl (C=O) groups excluding carboxylic acids is 1. The largest absolute Gasteiger partial charge is 0.414 e. The van der Waals surface area contributed by atoms with Crippen LogP contribution in [0.5, 0.6) is 0 Å². The van der Waals surface area contributed by atoms with Crippen molar-refractivity contribution in [2.75, 3.05) is 6.61 Å². The minimum Gasteiger partial charge on any atom is -0.414 e. The molecule has 0 bridgehead atoms. The molecule has 5 heteroatoms. The van der Waals surface area contributed by atoms with Crippen LogP contribution < -0.4 is 0 Å². The van der Waals surface area contributed by atoms with Crippen LogP contribution in [0.2, 0.25) is 18.1 Å². The number of hydrogen-bond donors (Lipinski definition) is 1. The third-order valence-corrected chi connectivity index (χ3v) is 10.3. The lowest BCUT2D eigenvalue weighted by atomic mass is 9.95. The molecule has 1 aliphatic heterocycles. The fourth-order valence-electron chi connectivity index (χ4n) is 3.00. The summed E-state index contributed by atoms with van der Waals surface area (Å²) in [5.74, 6) is 0.112. The van der Waals surface area contributed by atoms with Crippen LogP contribution in [0.1, 0.15) is 46.1 Å². The van der Waals surface area contributed by atoms with Crippen LogP contribution in [0.3, 0.4) is 0 Å². The number of hydrogen-bond acceptors (Lipinski definition) is 3. The van der Waals surface area contributed by atoms with Crippen LogP contribution in [0.15, 0.2) is 30.3 Å². The predicted molar refractivity (Wildman–Crippen MR) is 104 cm³/mol. The van der Waals surface area contributed by atoms with Gasteiger partial charge in [0.1, 0.15) is 5.60 Å². The number of benzene rings is 1. The summed E-state index contributed by atoms with van der Waals surface area (Å²) in [5, 5.41) is 11.2. The Morgan fingerprint density at radius 1 is 1.20 bits per heavy atom. The first-order chi connectivity index (χ1) is 11.4. The molecule has 2 atom stereocenters. The van der Waals surface area contributed by atoms with Gasteiger partial charge in [0.2, 0.25) is 5.91 Å². The van der Waals surface area contributed by atoms with Crippen molar-refractivity contribution in [3.05, 3.63) is 35.9 Å². The van der Waals surface area contributed by atoms with Crippen LogP contribution in [0, 0.1) is 0 Å². The summed E-state index contributed by atoms with van der Waals surface area (Å²) in [7, 11) is -1.94. The average Bonchev–Trinajstić information content (AvgIpc) is 2.87. The SMILES string of the molecule is CC(C)(C)[Si](C)(C)OC[C@](C)(O)[C@H]1CCC(=O)N1Cc1ccccc1. The van der Waals surface area contributed by atoms with Crippen molar-refractivity contribution in [2.45, 2.75) is 76.9 Å². The van der Waals surface area contributed by atoms with Gasteiger partial charge >= 0.3 is 0 Å². The van der Waals surface area contributed by atoms with Gasteiger partial charge in [0.05, 0.1) is 12.6 Å². The van der Waals surface area contributed by atoms with Crippen molar-refractivity contribution in [1.82, 2.24) is 4.90 Å². The molecule has 0 saturated carbocycles. The molecule has 0 unspecified atom stereocenters. The van der Waals surface area contributed by atoms with Crippen molar-refractivity contribution in [1.29, 1.82) is 0 Å². The summed E-state index contributed by atoms with van der Waals surface area (Å²) < 4.78 is 6.26. The molecule has 1 aliphatic rings. The average molecular weight is 364 g/mol. The van der Waals surface area contributed by atoms with E-state index in [1.165, 1.54) is 0 Å². The van der Waals surface area contributed by atoms with Crippen molar-refractivity contribution in [3.8, 4) is 0 Å². The maximum Gasteiger partial charge on any atom is 0.223 e. The first kappa shape index (κ1) is 20.1. The van der Waals surface area contributed by atoms with Crippen molar-refractivity contribution >= 4 is 14.2 Å². The molecule has 4 nitrogen and oxygen atoms in total. The van der Waals surface area contributed by atoms with Crippen molar-refractivity contribution < 1.29 is 14.3 Å². The summed E-state index contributed by atoms with van der Waals surface area (Å²) in [6.45, 7) is 13.6. The molecule has 0 aromatic heterocycles. The second-order valence-corrected chi connectivity index (χ2v) is 13.8. The van der Waals surface area contributed by atoms with Crippen LogP contribution in [-0.4, -0.2) is 42.5 Å². The first-order valence-corrected chi connectivity index (χ1v) is 12.0. The highest BCUT2D eigenvalue weighted by Gasteiger charge is 2.45. The fourth-order valence-corrected chi connectivity index (χ4v) is 4.08. The van der Waals surface area contributed by atoms with E-state index in [0.29, 0.717) is 19.4 Å². The van der Waals surface area contributed by atoms with Gasteiger partial charge in [0.15, 0.2) is 8.32 Å². The van der Waals surface area contributed by atoms with Gasteiger partial charge in [0.25, 0.3) is 0 Å². The molecule has 2 rings (SSSR count). The molecule has 1 aromatic carbocycles. The third kappa shape index (κ3) is 4.71. The number of rotatable bonds is 6. The molecule has 0 spiro atoms. The molecule has 140 valence electrons. The van der Waals surface area contributed by atoms with Gasteiger partial charge in [0, 0.05) is 13.0 Å². The Morgan fingerprint density at radius 3 is 2.36 bits per heavy atom. The molecule has 1 saturated heterocycles. The zero-order valence-corrected chi connectivity index (χ0v) is 17.5. The number of nitrogens with zero attached hydrogens (tertiary/aromatic N) is 1. The van der Waals surface area contributed by atoms with Gasteiger partial charge in [-0.15, -0.1) is 0 Å². The van der Waals surface area contributed by atoms with Gasteiger partial charge in [-0.1, -0.05) is 51.1 Å². The Kier molecular flexibility index (Phi) is 5.81. The highest BCUT2D eigenvalue weighted by atomic mass is 28.4. The minimum absolute atomic E-state index is 0.0955. The fraction of sp³-hybridized carbons (Fsp3) is 0.650. The van der Waals surface area contributed by atoms with Gasteiger partial charge in [-0.2, -0.15) is 0 Å². The monoisotopic (exact) mass is 363 g/mol. The molecular weight excluding hydrogens is 330 g/mol. The van der Waals surface area contributed by atoms with E-state index in [4.69, 9.17) is 4.43 Å². The van der Waals surface area contributed by atoms with Gasteiger partial charge in [-0.25, -0.2) is 0 Å². The summed E-state index contributed by atoms with van der Waals surface area (Å²) in [5.41, 5.74) is 0.0417. The zero-order valence-electron chi connectivity index (χ0n) is 16.5. The van der Waals surface area contributed by atoms with E-state index in [-0.39, 0.29) is 23.6 Å². The molecule has 25 heavy (non-hydrogen) atoms. The van der Waals surface area contributed by atoms with E-state index < -0.39 is 13.9 Å². The van der Waals surface area contributed by atoms with Crippen LogP contribution in [0.4, 0.5) is 0 Å². The van der Waals surface area contributed by atoms with Crippen LogP contribution in [-0.2, 0) is 15.8 Å². The maximum absolute atomic E-state index is 12.4. The molecule has 0 radical (unpaired) electrons. The molecule has 1 amide bonds.